The van der Waals surface area contributed by atoms with Crippen LogP contribution in [0.25, 0.3) is 10.9 Å². The van der Waals surface area contributed by atoms with E-state index < -0.39 is 0 Å². The Morgan fingerprint density at radius 2 is 1.85 bits per heavy atom. The van der Waals surface area contributed by atoms with Gasteiger partial charge in [0.15, 0.2) is 11.5 Å². The standard InChI is InChI=1S/C29H33N7O4/c1-38-25-15-24-23(14-26(25)40-18-22-17-30-7-12-39-22)27(33-19-32-24)35-8-10-36(11-9-35)29-31-16-21(28(37)34-29)13-20-5-3-2-4-6-20/h2-6,14-16,19,22,30H,7-13,17-18H2,1H3,(H,31,34,37). The van der Waals surface area contributed by atoms with Crippen molar-refractivity contribution in [3.05, 3.63) is 76.5 Å². The number of rotatable bonds is 8. The van der Waals surface area contributed by atoms with Crippen molar-refractivity contribution in [3.63, 3.8) is 0 Å². The van der Waals surface area contributed by atoms with Crippen molar-refractivity contribution < 1.29 is 14.2 Å². The van der Waals surface area contributed by atoms with E-state index in [2.05, 4.69) is 35.1 Å². The predicted molar refractivity (Wildman–Crippen MR) is 153 cm³/mol. The summed E-state index contributed by atoms with van der Waals surface area (Å²) in [5.74, 6) is 2.69. The first kappa shape index (κ1) is 26.0. The van der Waals surface area contributed by atoms with Gasteiger partial charge in [-0.15, -0.1) is 0 Å². The Kier molecular flexibility index (Phi) is 7.73. The van der Waals surface area contributed by atoms with Crippen molar-refractivity contribution in [2.24, 2.45) is 0 Å². The molecule has 0 aliphatic carbocycles. The van der Waals surface area contributed by atoms with Gasteiger partial charge in [0, 0.05) is 68.9 Å². The van der Waals surface area contributed by atoms with Crippen LogP contribution < -0.4 is 30.1 Å². The molecule has 0 bridgehead atoms. The number of morpholine rings is 1. The van der Waals surface area contributed by atoms with Gasteiger partial charge in [-0.25, -0.2) is 15.0 Å². The summed E-state index contributed by atoms with van der Waals surface area (Å²) in [5.41, 5.74) is 2.42. The normalized spacial score (nSPS) is 17.7. The summed E-state index contributed by atoms with van der Waals surface area (Å²) in [6, 6.07) is 13.8. The van der Waals surface area contributed by atoms with Crippen LogP contribution in [0.3, 0.4) is 0 Å². The largest absolute Gasteiger partial charge is 0.493 e. The number of methoxy groups -OCH3 is 1. The molecule has 2 aliphatic rings. The van der Waals surface area contributed by atoms with Gasteiger partial charge in [-0.05, 0) is 11.6 Å². The second kappa shape index (κ2) is 11.9. The molecule has 2 saturated heterocycles. The van der Waals surface area contributed by atoms with Crippen LogP contribution in [0.1, 0.15) is 11.1 Å². The predicted octanol–water partition coefficient (Wildman–Crippen LogP) is 2.01. The lowest BCUT2D eigenvalue weighted by Gasteiger charge is -2.36. The Balaban J connectivity index is 1.16. The average molecular weight is 544 g/mol. The van der Waals surface area contributed by atoms with Crippen LogP contribution in [-0.2, 0) is 11.2 Å². The first-order chi connectivity index (χ1) is 19.7. The lowest BCUT2D eigenvalue weighted by atomic mass is 10.1. The highest BCUT2D eigenvalue weighted by molar-refractivity contribution is 5.92. The highest BCUT2D eigenvalue weighted by Gasteiger charge is 2.23. The number of fused-ring (bicyclic) bond motifs is 1. The molecule has 11 heteroatoms. The lowest BCUT2D eigenvalue weighted by molar-refractivity contribution is -0.000232. The maximum Gasteiger partial charge on any atom is 0.255 e. The number of benzene rings is 2. The van der Waals surface area contributed by atoms with Crippen molar-refractivity contribution in [2.45, 2.75) is 12.5 Å². The zero-order valence-corrected chi connectivity index (χ0v) is 22.5. The number of nitrogens with zero attached hydrogens (tertiary/aromatic N) is 5. The summed E-state index contributed by atoms with van der Waals surface area (Å²) in [5, 5.41) is 4.22. The van der Waals surface area contributed by atoms with Crippen LogP contribution in [0.2, 0.25) is 0 Å². The quantitative estimate of drug-likeness (QED) is 0.342. The Hall–Kier alpha value is -4.22. The molecular weight excluding hydrogens is 510 g/mol. The average Bonchev–Trinajstić information content (AvgIpc) is 3.01. The second-order valence-electron chi connectivity index (χ2n) is 9.92. The fraction of sp³-hybridized carbons (Fsp3) is 0.379. The lowest BCUT2D eigenvalue weighted by Crippen LogP contribution is -2.47. The third-order valence-electron chi connectivity index (χ3n) is 7.30. The maximum absolute atomic E-state index is 12.8. The molecule has 4 aromatic rings. The molecule has 40 heavy (non-hydrogen) atoms. The van der Waals surface area contributed by atoms with Crippen LogP contribution in [0.5, 0.6) is 11.5 Å². The van der Waals surface area contributed by atoms with Gasteiger partial charge in [0.1, 0.15) is 24.9 Å². The number of hydrogen-bond donors (Lipinski definition) is 2. The second-order valence-corrected chi connectivity index (χ2v) is 9.92. The minimum atomic E-state index is -0.103. The molecule has 1 unspecified atom stereocenters. The van der Waals surface area contributed by atoms with Crippen molar-refractivity contribution in [1.29, 1.82) is 0 Å². The van der Waals surface area contributed by atoms with E-state index in [-0.39, 0.29) is 11.7 Å². The summed E-state index contributed by atoms with van der Waals surface area (Å²) < 4.78 is 17.5. The van der Waals surface area contributed by atoms with Gasteiger partial charge >= 0.3 is 0 Å². The Morgan fingerprint density at radius 3 is 2.60 bits per heavy atom. The molecule has 208 valence electrons. The Labute approximate surface area is 232 Å². The number of aromatic amines is 1. The Morgan fingerprint density at radius 1 is 1.02 bits per heavy atom. The van der Waals surface area contributed by atoms with Crippen molar-refractivity contribution in [3.8, 4) is 11.5 Å². The number of anilines is 2. The van der Waals surface area contributed by atoms with Crippen molar-refractivity contribution >= 4 is 22.7 Å². The molecular formula is C29H33N7O4. The molecule has 2 aromatic heterocycles. The van der Waals surface area contributed by atoms with Gasteiger partial charge in [-0.3, -0.25) is 9.78 Å². The molecule has 2 N–H and O–H groups in total. The fourth-order valence-electron chi connectivity index (χ4n) is 5.13. The third-order valence-corrected chi connectivity index (χ3v) is 7.30. The van der Waals surface area contributed by atoms with E-state index in [0.717, 1.165) is 35.4 Å². The summed E-state index contributed by atoms with van der Waals surface area (Å²) >= 11 is 0. The zero-order valence-electron chi connectivity index (χ0n) is 22.5. The van der Waals surface area contributed by atoms with E-state index in [1.54, 1.807) is 19.6 Å². The van der Waals surface area contributed by atoms with Crippen LogP contribution in [-0.4, -0.2) is 85.6 Å². The number of ether oxygens (including phenoxy) is 3. The van der Waals surface area contributed by atoms with E-state index >= 15 is 0 Å². The van der Waals surface area contributed by atoms with E-state index in [4.69, 9.17) is 14.2 Å². The Bertz CT molecular complexity index is 1500. The van der Waals surface area contributed by atoms with Gasteiger partial charge < -0.3 is 29.3 Å². The van der Waals surface area contributed by atoms with E-state index in [0.29, 0.717) is 68.8 Å². The highest BCUT2D eigenvalue weighted by Crippen LogP contribution is 2.35. The number of nitrogens with one attached hydrogen (secondary N) is 2. The van der Waals surface area contributed by atoms with Crippen LogP contribution in [0, 0.1) is 0 Å². The summed E-state index contributed by atoms with van der Waals surface area (Å²) in [4.78, 5) is 33.8. The topological polar surface area (TPSA) is 118 Å². The molecule has 2 fully saturated rings. The SMILES string of the molecule is COc1cc2ncnc(N3CCN(c4ncc(Cc5ccccc5)c(=O)[nH]4)CC3)c2cc1OCC1CNCCO1. The number of aromatic nitrogens is 4. The number of hydrogen-bond acceptors (Lipinski definition) is 10. The summed E-state index contributed by atoms with van der Waals surface area (Å²) in [6.45, 7) is 5.52. The molecule has 1 atom stereocenters. The molecule has 4 heterocycles. The smallest absolute Gasteiger partial charge is 0.255 e. The van der Waals surface area contributed by atoms with E-state index in [9.17, 15) is 4.79 Å². The van der Waals surface area contributed by atoms with Gasteiger partial charge in [-0.1, -0.05) is 30.3 Å². The van der Waals surface area contributed by atoms with Crippen molar-refractivity contribution in [1.82, 2.24) is 25.3 Å². The van der Waals surface area contributed by atoms with Crippen molar-refractivity contribution in [2.75, 3.05) is 69.4 Å². The van der Waals surface area contributed by atoms with Gasteiger partial charge in [0.25, 0.3) is 5.56 Å². The number of piperazine rings is 1. The maximum atomic E-state index is 12.8. The molecule has 11 nitrogen and oxygen atoms in total. The monoisotopic (exact) mass is 543 g/mol. The van der Waals surface area contributed by atoms with Gasteiger partial charge in [0.2, 0.25) is 5.95 Å². The number of H-pyrrole nitrogens is 1. The minimum absolute atomic E-state index is 0.0128. The van der Waals surface area contributed by atoms with Crippen LogP contribution in [0.15, 0.2) is 59.8 Å². The highest BCUT2D eigenvalue weighted by atomic mass is 16.5. The zero-order chi connectivity index (χ0) is 27.3. The first-order valence-corrected chi connectivity index (χ1v) is 13.6. The molecule has 0 radical (unpaired) electrons. The van der Waals surface area contributed by atoms with Crippen LogP contribution >= 0.6 is 0 Å². The van der Waals surface area contributed by atoms with Crippen LogP contribution in [0.4, 0.5) is 11.8 Å². The van der Waals surface area contributed by atoms with Gasteiger partial charge in [-0.2, -0.15) is 0 Å². The molecule has 2 aliphatic heterocycles. The van der Waals surface area contributed by atoms with Gasteiger partial charge in [0.05, 0.1) is 19.2 Å². The summed E-state index contributed by atoms with van der Waals surface area (Å²) in [6.07, 6.45) is 3.81. The third kappa shape index (κ3) is 5.70. The molecule has 0 spiro atoms. The molecule has 0 saturated carbocycles. The summed E-state index contributed by atoms with van der Waals surface area (Å²) in [7, 11) is 1.63. The minimum Gasteiger partial charge on any atom is -0.493 e. The fourth-order valence-corrected chi connectivity index (χ4v) is 5.13. The molecule has 2 aromatic carbocycles. The first-order valence-electron chi connectivity index (χ1n) is 13.6. The molecule has 0 amide bonds. The molecule has 6 rings (SSSR count). The van der Waals surface area contributed by atoms with E-state index in [1.165, 1.54) is 0 Å². The van der Waals surface area contributed by atoms with E-state index in [1.807, 2.05) is 42.5 Å².